The van der Waals surface area contributed by atoms with E-state index in [-0.39, 0.29) is 0 Å². The van der Waals surface area contributed by atoms with Crippen molar-refractivity contribution < 1.29 is 9.90 Å². The van der Waals surface area contributed by atoms with E-state index < -0.39 is 11.5 Å². The summed E-state index contributed by atoms with van der Waals surface area (Å²) in [5.74, 6) is 1.02. The number of fused-ring (bicyclic) bond motifs is 1. The van der Waals surface area contributed by atoms with Gasteiger partial charge in [-0.15, -0.1) is 0 Å². The van der Waals surface area contributed by atoms with E-state index in [0.717, 1.165) is 24.8 Å². The van der Waals surface area contributed by atoms with E-state index in [1.165, 1.54) is 32.4 Å². The maximum atomic E-state index is 11.6. The molecule has 1 aliphatic heterocycles. The van der Waals surface area contributed by atoms with E-state index in [9.17, 15) is 9.90 Å². The van der Waals surface area contributed by atoms with Crippen LogP contribution in [0.1, 0.15) is 52.9 Å². The zero-order valence-electron chi connectivity index (χ0n) is 13.2. The van der Waals surface area contributed by atoms with Crippen LogP contribution >= 0.6 is 0 Å². The van der Waals surface area contributed by atoms with E-state index in [0.29, 0.717) is 12.5 Å². The zero-order valence-corrected chi connectivity index (χ0v) is 13.2. The fourth-order valence-electron chi connectivity index (χ4n) is 3.99. The van der Waals surface area contributed by atoms with Gasteiger partial charge in [0.15, 0.2) is 0 Å². The Bertz CT molecular complexity index is 335. The molecule has 1 saturated carbocycles. The van der Waals surface area contributed by atoms with Crippen LogP contribution in [-0.2, 0) is 4.79 Å². The molecule has 4 unspecified atom stereocenters. The van der Waals surface area contributed by atoms with E-state index in [1.54, 1.807) is 0 Å². The molecule has 2 fully saturated rings. The number of nitrogens with one attached hydrogen (secondary N) is 1. The quantitative estimate of drug-likeness (QED) is 0.752. The van der Waals surface area contributed by atoms with Crippen molar-refractivity contribution in [1.82, 2.24) is 10.2 Å². The first kappa shape index (κ1) is 15.8. The van der Waals surface area contributed by atoms with Gasteiger partial charge in [0.1, 0.15) is 5.54 Å². The van der Waals surface area contributed by atoms with Crippen LogP contribution in [0.5, 0.6) is 0 Å². The lowest BCUT2D eigenvalue weighted by Crippen LogP contribution is -2.53. The second-order valence-corrected chi connectivity index (χ2v) is 7.02. The van der Waals surface area contributed by atoms with Crippen LogP contribution in [-0.4, -0.2) is 47.2 Å². The van der Waals surface area contributed by atoms with Crippen molar-refractivity contribution in [2.75, 3.05) is 19.6 Å². The fourth-order valence-corrected chi connectivity index (χ4v) is 3.99. The van der Waals surface area contributed by atoms with Gasteiger partial charge in [0.05, 0.1) is 0 Å². The molecule has 116 valence electrons. The molecule has 20 heavy (non-hydrogen) atoms. The van der Waals surface area contributed by atoms with Crippen LogP contribution in [0.3, 0.4) is 0 Å². The fraction of sp³-hybridized carbons (Fsp3) is 0.938. The lowest BCUT2D eigenvalue weighted by atomic mass is 9.92. The Kier molecular flexibility index (Phi) is 5.08. The molecule has 0 radical (unpaired) electrons. The predicted octanol–water partition coefficient (Wildman–Crippen LogP) is 2.34. The molecule has 2 rings (SSSR count). The third-order valence-electron chi connectivity index (χ3n) is 5.32. The van der Waals surface area contributed by atoms with Crippen molar-refractivity contribution in [1.29, 1.82) is 0 Å². The molecular formula is C16H30N2O2. The van der Waals surface area contributed by atoms with E-state index in [2.05, 4.69) is 24.1 Å². The third kappa shape index (κ3) is 3.34. The number of likely N-dealkylation sites (tertiary alicyclic amines) is 1. The maximum absolute atomic E-state index is 11.6. The number of carboxylic acid groups (broad SMARTS) is 1. The molecule has 2 N–H and O–H groups in total. The number of nitrogens with zero attached hydrogens (tertiary/aromatic N) is 1. The minimum absolute atomic E-state index is 0.339. The maximum Gasteiger partial charge on any atom is 0.323 e. The average molecular weight is 282 g/mol. The van der Waals surface area contributed by atoms with Crippen molar-refractivity contribution in [3.63, 3.8) is 0 Å². The Morgan fingerprint density at radius 3 is 2.50 bits per heavy atom. The lowest BCUT2D eigenvalue weighted by molar-refractivity contribution is -0.145. The van der Waals surface area contributed by atoms with E-state index in [4.69, 9.17) is 0 Å². The van der Waals surface area contributed by atoms with Crippen LogP contribution in [0.25, 0.3) is 0 Å². The van der Waals surface area contributed by atoms with Gasteiger partial charge in [-0.2, -0.15) is 0 Å². The van der Waals surface area contributed by atoms with Crippen molar-refractivity contribution in [3.8, 4) is 0 Å². The minimum atomic E-state index is -0.798. The number of hydrogen-bond donors (Lipinski definition) is 2. The van der Waals surface area contributed by atoms with Crippen molar-refractivity contribution >= 4 is 5.97 Å². The first-order chi connectivity index (χ1) is 9.46. The molecule has 0 aromatic heterocycles. The molecule has 0 bridgehead atoms. The predicted molar refractivity (Wildman–Crippen MR) is 80.8 cm³/mol. The van der Waals surface area contributed by atoms with Crippen LogP contribution in [0, 0.1) is 11.8 Å². The summed E-state index contributed by atoms with van der Waals surface area (Å²) in [5.41, 5.74) is -0.798. The minimum Gasteiger partial charge on any atom is -0.480 e. The normalized spacial score (nSPS) is 30.9. The number of carbonyl (C=O) groups is 1. The molecule has 0 aromatic rings. The number of hydrogen-bond acceptors (Lipinski definition) is 3. The summed E-state index contributed by atoms with van der Waals surface area (Å²) in [6.07, 6.45) is 5.78. The molecule has 0 spiro atoms. The van der Waals surface area contributed by atoms with Crippen LogP contribution < -0.4 is 5.32 Å². The SMILES string of the molecule is CCCNC(C)(CC(C)N1CC2CCCC2C1)C(=O)O. The van der Waals surface area contributed by atoms with Gasteiger partial charge in [0.2, 0.25) is 0 Å². The Labute approximate surface area is 122 Å². The first-order valence-electron chi connectivity index (χ1n) is 8.18. The van der Waals surface area contributed by atoms with Gasteiger partial charge in [-0.25, -0.2) is 0 Å². The summed E-state index contributed by atoms with van der Waals surface area (Å²) in [4.78, 5) is 14.1. The van der Waals surface area contributed by atoms with Crippen LogP contribution in [0.4, 0.5) is 0 Å². The van der Waals surface area contributed by atoms with Gasteiger partial charge in [-0.3, -0.25) is 4.79 Å². The highest BCUT2D eigenvalue weighted by Gasteiger charge is 2.41. The van der Waals surface area contributed by atoms with Gasteiger partial charge in [-0.1, -0.05) is 13.3 Å². The Hall–Kier alpha value is -0.610. The standard InChI is InChI=1S/C16H30N2O2/c1-4-8-17-16(3,15(19)20)9-12(2)18-10-13-6-5-7-14(13)11-18/h12-14,17H,4-11H2,1-3H3,(H,19,20). The molecule has 4 nitrogen and oxygen atoms in total. The van der Waals surface area contributed by atoms with Gasteiger partial charge in [-0.05, 0) is 57.9 Å². The molecule has 0 amide bonds. The van der Waals surface area contributed by atoms with Crippen molar-refractivity contribution in [2.24, 2.45) is 11.8 Å². The average Bonchev–Trinajstić information content (AvgIpc) is 2.96. The molecule has 0 aromatic carbocycles. The molecule has 2 aliphatic rings. The second kappa shape index (κ2) is 6.44. The molecule has 1 aliphatic carbocycles. The Morgan fingerprint density at radius 1 is 1.40 bits per heavy atom. The highest BCUT2D eigenvalue weighted by molar-refractivity contribution is 5.78. The van der Waals surface area contributed by atoms with Gasteiger partial charge in [0, 0.05) is 19.1 Å². The zero-order chi connectivity index (χ0) is 14.8. The summed E-state index contributed by atoms with van der Waals surface area (Å²) in [6, 6.07) is 0.339. The topological polar surface area (TPSA) is 52.6 Å². The van der Waals surface area contributed by atoms with Gasteiger partial charge >= 0.3 is 5.97 Å². The molecule has 1 saturated heterocycles. The lowest BCUT2D eigenvalue weighted by Gasteiger charge is -2.33. The van der Waals surface area contributed by atoms with E-state index in [1.807, 2.05) is 6.92 Å². The van der Waals surface area contributed by atoms with E-state index >= 15 is 0 Å². The third-order valence-corrected chi connectivity index (χ3v) is 5.32. The number of rotatable bonds is 7. The van der Waals surface area contributed by atoms with Gasteiger partial charge in [0.25, 0.3) is 0 Å². The number of aliphatic carboxylic acids is 1. The largest absolute Gasteiger partial charge is 0.480 e. The summed E-state index contributed by atoms with van der Waals surface area (Å²) >= 11 is 0. The number of carboxylic acids is 1. The molecule has 1 heterocycles. The Balaban J connectivity index is 1.91. The first-order valence-corrected chi connectivity index (χ1v) is 8.18. The summed E-state index contributed by atoms with van der Waals surface area (Å²) < 4.78 is 0. The van der Waals surface area contributed by atoms with Gasteiger partial charge < -0.3 is 15.3 Å². The molecular weight excluding hydrogens is 252 g/mol. The van der Waals surface area contributed by atoms with Crippen molar-refractivity contribution in [2.45, 2.75) is 64.5 Å². The van der Waals surface area contributed by atoms with Crippen LogP contribution in [0.15, 0.2) is 0 Å². The summed E-state index contributed by atoms with van der Waals surface area (Å²) in [7, 11) is 0. The summed E-state index contributed by atoms with van der Waals surface area (Å²) in [5, 5.41) is 12.8. The second-order valence-electron chi connectivity index (χ2n) is 7.02. The molecule has 4 heteroatoms. The molecule has 4 atom stereocenters. The highest BCUT2D eigenvalue weighted by Crippen LogP contribution is 2.39. The van der Waals surface area contributed by atoms with Crippen LogP contribution in [0.2, 0.25) is 0 Å². The highest BCUT2D eigenvalue weighted by atomic mass is 16.4. The smallest absolute Gasteiger partial charge is 0.323 e. The summed E-state index contributed by atoms with van der Waals surface area (Å²) in [6.45, 7) is 9.21. The Morgan fingerprint density at radius 2 is 2.00 bits per heavy atom. The van der Waals surface area contributed by atoms with Crippen molar-refractivity contribution in [3.05, 3.63) is 0 Å². The monoisotopic (exact) mass is 282 g/mol.